The van der Waals surface area contributed by atoms with E-state index in [0.29, 0.717) is 18.2 Å². The number of thiophene rings is 1. The van der Waals surface area contributed by atoms with Gasteiger partial charge in [0.15, 0.2) is 5.06 Å². The van der Waals surface area contributed by atoms with Crippen molar-refractivity contribution in [3.63, 3.8) is 0 Å². The largest absolute Gasteiger partial charge is 0.477 e. The molecule has 0 spiro atoms. The van der Waals surface area contributed by atoms with Gasteiger partial charge >= 0.3 is 0 Å². The lowest BCUT2D eigenvalue weighted by atomic mass is 10.2. The molecule has 2 rings (SSSR count). The molecule has 2 atom stereocenters. The third-order valence-corrected chi connectivity index (χ3v) is 7.54. The van der Waals surface area contributed by atoms with Crippen LogP contribution in [-0.4, -0.2) is 65.9 Å². The summed E-state index contributed by atoms with van der Waals surface area (Å²) < 4.78 is 39.1. The van der Waals surface area contributed by atoms with Crippen molar-refractivity contribution in [1.82, 2.24) is 14.9 Å². The van der Waals surface area contributed by atoms with Crippen LogP contribution < -0.4 is 14.8 Å². The Balaban J connectivity index is 1.88. The minimum atomic E-state index is -3.55. The zero-order valence-corrected chi connectivity index (χ0v) is 19.6. The first-order valence-corrected chi connectivity index (χ1v) is 12.4. The van der Waals surface area contributed by atoms with Crippen LogP contribution in [0.2, 0.25) is 0 Å². The van der Waals surface area contributed by atoms with Gasteiger partial charge in [-0.05, 0) is 57.2 Å². The van der Waals surface area contributed by atoms with Crippen LogP contribution in [0.1, 0.15) is 19.8 Å². The number of sulfonamides is 1. The minimum absolute atomic E-state index is 0.0357. The van der Waals surface area contributed by atoms with E-state index in [-0.39, 0.29) is 16.4 Å². The zero-order chi connectivity index (χ0) is 22.0. The summed E-state index contributed by atoms with van der Waals surface area (Å²) in [5.41, 5.74) is 1.01. The van der Waals surface area contributed by atoms with Gasteiger partial charge in [0.25, 0.3) is 0 Å². The number of hydrogen-bond acceptors (Lipinski definition) is 7. The Kier molecular flexibility index (Phi) is 10.1. The highest BCUT2D eigenvalue weighted by atomic mass is 32.2. The number of nitrogens with zero attached hydrogens (tertiary/aromatic N) is 1. The molecule has 1 saturated heterocycles. The topological polar surface area (TPSA) is 79.9 Å². The standard InChI is InChI=1S/C21H33N3O4S2/c1-5-18(24(4)14-13-22-3)9-6-8-17(2)28-20-11-12-21(29-20)30(25,26)23-16-19-10-7-15-27-19/h5-6,8-9,11-12,17,19,22-23H,1,7,10,13-16H2,2-4H3/b8-6-,18-9+/t17-,19?/m0/s1. The number of likely N-dealkylation sites (N-methyl/N-ethyl adjacent to an activating group) is 2. The van der Waals surface area contributed by atoms with Crippen molar-refractivity contribution >= 4 is 21.4 Å². The van der Waals surface area contributed by atoms with Gasteiger partial charge in [-0.25, -0.2) is 13.1 Å². The molecule has 1 unspecified atom stereocenters. The maximum absolute atomic E-state index is 12.5. The maximum Gasteiger partial charge on any atom is 0.250 e. The van der Waals surface area contributed by atoms with Gasteiger partial charge in [-0.1, -0.05) is 24.0 Å². The van der Waals surface area contributed by atoms with Crippen molar-refractivity contribution in [2.45, 2.75) is 36.2 Å². The Hall–Kier alpha value is -1.65. The summed E-state index contributed by atoms with van der Waals surface area (Å²) in [4.78, 5) is 2.11. The van der Waals surface area contributed by atoms with Gasteiger partial charge in [0.2, 0.25) is 10.0 Å². The molecule has 168 valence electrons. The van der Waals surface area contributed by atoms with E-state index in [1.54, 1.807) is 12.1 Å². The molecule has 0 saturated carbocycles. The summed E-state index contributed by atoms with van der Waals surface area (Å²) in [7, 11) is 0.383. The van der Waals surface area contributed by atoms with Gasteiger partial charge < -0.3 is 19.7 Å². The fourth-order valence-electron chi connectivity index (χ4n) is 2.88. The van der Waals surface area contributed by atoms with Crippen LogP contribution in [0.25, 0.3) is 0 Å². The quantitative estimate of drug-likeness (QED) is 0.445. The molecule has 9 heteroatoms. The molecular formula is C21H33N3O4S2. The van der Waals surface area contributed by atoms with Gasteiger partial charge in [-0.15, -0.1) is 0 Å². The van der Waals surface area contributed by atoms with E-state index in [1.165, 1.54) is 0 Å². The predicted molar refractivity (Wildman–Crippen MR) is 123 cm³/mol. The van der Waals surface area contributed by atoms with E-state index in [1.807, 2.05) is 45.3 Å². The molecule has 0 aliphatic carbocycles. The van der Waals surface area contributed by atoms with Crippen LogP contribution in [0.15, 0.2) is 52.9 Å². The van der Waals surface area contributed by atoms with Crippen molar-refractivity contribution in [1.29, 1.82) is 0 Å². The smallest absolute Gasteiger partial charge is 0.250 e. The van der Waals surface area contributed by atoms with Gasteiger partial charge in [0.1, 0.15) is 10.3 Å². The molecule has 0 radical (unpaired) electrons. The molecule has 1 aromatic rings. The lowest BCUT2D eigenvalue weighted by Crippen LogP contribution is -2.31. The second-order valence-electron chi connectivity index (χ2n) is 7.09. The lowest BCUT2D eigenvalue weighted by molar-refractivity contribution is 0.114. The molecular weight excluding hydrogens is 422 g/mol. The second-order valence-corrected chi connectivity index (χ2v) is 10.1. The molecule has 1 aromatic heterocycles. The van der Waals surface area contributed by atoms with E-state index in [9.17, 15) is 8.42 Å². The summed E-state index contributed by atoms with van der Waals surface area (Å²) >= 11 is 1.11. The number of nitrogens with one attached hydrogen (secondary N) is 2. The summed E-state index contributed by atoms with van der Waals surface area (Å²) in [6.45, 7) is 8.53. The van der Waals surface area contributed by atoms with E-state index < -0.39 is 10.0 Å². The van der Waals surface area contributed by atoms with Crippen molar-refractivity contribution in [3.05, 3.63) is 48.7 Å². The highest BCUT2D eigenvalue weighted by Gasteiger charge is 2.22. The third kappa shape index (κ3) is 7.88. The monoisotopic (exact) mass is 455 g/mol. The maximum atomic E-state index is 12.5. The van der Waals surface area contributed by atoms with E-state index in [0.717, 1.165) is 43.0 Å². The molecule has 0 bridgehead atoms. The molecule has 30 heavy (non-hydrogen) atoms. The molecule has 2 heterocycles. The predicted octanol–water partition coefficient (Wildman–Crippen LogP) is 2.75. The molecule has 0 amide bonds. The average Bonchev–Trinajstić information content (AvgIpc) is 3.40. The van der Waals surface area contributed by atoms with E-state index in [4.69, 9.17) is 9.47 Å². The Bertz CT molecular complexity index is 827. The molecule has 1 aliphatic rings. The van der Waals surface area contributed by atoms with E-state index >= 15 is 0 Å². The summed E-state index contributed by atoms with van der Waals surface area (Å²) in [6, 6.07) is 3.26. The Morgan fingerprint density at radius 1 is 1.50 bits per heavy atom. The lowest BCUT2D eigenvalue weighted by Gasteiger charge is -2.19. The van der Waals surface area contributed by atoms with Crippen molar-refractivity contribution in [2.75, 3.05) is 40.3 Å². The Morgan fingerprint density at radius 2 is 2.30 bits per heavy atom. The van der Waals surface area contributed by atoms with Crippen molar-refractivity contribution in [2.24, 2.45) is 0 Å². The van der Waals surface area contributed by atoms with Crippen LogP contribution >= 0.6 is 11.3 Å². The van der Waals surface area contributed by atoms with Gasteiger partial charge in [-0.3, -0.25) is 0 Å². The SMILES string of the molecule is C=C/C(=C\C=C/[C@H](C)Oc1ccc(S(=O)(=O)NCC2CCCO2)s1)N(C)CCNC. The molecule has 2 N–H and O–H groups in total. The van der Waals surface area contributed by atoms with Crippen molar-refractivity contribution in [3.8, 4) is 5.06 Å². The fourth-order valence-corrected chi connectivity index (χ4v) is 5.21. The molecule has 0 aromatic carbocycles. The number of ether oxygens (including phenoxy) is 2. The van der Waals surface area contributed by atoms with Crippen LogP contribution in [0, 0.1) is 0 Å². The normalized spacial score (nSPS) is 18.6. The molecule has 1 fully saturated rings. The van der Waals surface area contributed by atoms with Crippen LogP contribution in [0.5, 0.6) is 5.06 Å². The van der Waals surface area contributed by atoms with Crippen LogP contribution in [0.4, 0.5) is 0 Å². The summed E-state index contributed by atoms with van der Waals surface area (Å²) in [5, 5.41) is 3.68. The van der Waals surface area contributed by atoms with Crippen molar-refractivity contribution < 1.29 is 17.9 Å². The minimum Gasteiger partial charge on any atom is -0.477 e. The van der Waals surface area contributed by atoms with Crippen LogP contribution in [0.3, 0.4) is 0 Å². The molecule has 1 aliphatic heterocycles. The van der Waals surface area contributed by atoms with Crippen LogP contribution in [-0.2, 0) is 14.8 Å². The summed E-state index contributed by atoms with van der Waals surface area (Å²) in [6.07, 6.45) is 9.25. The van der Waals surface area contributed by atoms with Gasteiger partial charge in [0, 0.05) is 39.0 Å². The van der Waals surface area contributed by atoms with E-state index in [2.05, 4.69) is 21.5 Å². The number of hydrogen-bond donors (Lipinski definition) is 2. The first-order valence-electron chi connectivity index (χ1n) is 10.1. The number of rotatable bonds is 13. The van der Waals surface area contributed by atoms with Gasteiger partial charge in [-0.2, -0.15) is 0 Å². The Morgan fingerprint density at radius 3 is 2.97 bits per heavy atom. The first kappa shape index (κ1) is 24.6. The molecule has 7 nitrogen and oxygen atoms in total. The van der Waals surface area contributed by atoms with Gasteiger partial charge in [0.05, 0.1) is 6.10 Å². The highest BCUT2D eigenvalue weighted by Crippen LogP contribution is 2.29. The third-order valence-electron chi connectivity index (χ3n) is 4.64. The number of allylic oxidation sites excluding steroid dienone is 3. The second kappa shape index (κ2) is 12.3. The Labute approximate surface area is 184 Å². The first-order chi connectivity index (χ1) is 14.4. The fraction of sp³-hybridized carbons (Fsp3) is 0.524. The summed E-state index contributed by atoms with van der Waals surface area (Å²) in [5.74, 6) is 0. The average molecular weight is 456 g/mol. The zero-order valence-electron chi connectivity index (χ0n) is 18.0. The highest BCUT2D eigenvalue weighted by molar-refractivity contribution is 7.91.